The van der Waals surface area contributed by atoms with Crippen molar-refractivity contribution >= 4 is 6.02 Å². The monoisotopic (exact) mass is 434 g/mol. The van der Waals surface area contributed by atoms with Crippen LogP contribution in [0.5, 0.6) is 5.75 Å². The topological polar surface area (TPSA) is 92.3 Å². The number of nitrogens with two attached hydrogens (primary N) is 1. The first kappa shape index (κ1) is 25.4. The van der Waals surface area contributed by atoms with Crippen LogP contribution in [0.4, 0.5) is 17.6 Å². The molecule has 7 nitrogen and oxygen atoms in total. The molecule has 4 N–H and O–H groups in total. The molecule has 2 unspecified atom stereocenters. The maximum Gasteiger partial charge on any atom is 0.573 e. The highest BCUT2D eigenvalue weighted by Gasteiger charge is 2.33. The Balaban J connectivity index is 0.00000218. The Morgan fingerprint density at radius 2 is 2.17 bits per heavy atom. The third-order valence-electron chi connectivity index (χ3n) is 4.01. The zero-order chi connectivity index (χ0) is 22.7. The smallest absolute Gasteiger partial charge is 0.460 e. The molecule has 0 bridgehead atoms. The van der Waals surface area contributed by atoms with Gasteiger partial charge in [-0.2, -0.15) is 0 Å². The number of benzene rings is 1. The highest BCUT2D eigenvalue weighted by molar-refractivity contribution is 5.76. The van der Waals surface area contributed by atoms with Crippen LogP contribution in [0, 0.1) is 5.82 Å². The molecule has 1 heterocycles. The van der Waals surface area contributed by atoms with E-state index in [4.69, 9.17) is 15.6 Å². The van der Waals surface area contributed by atoms with Crippen LogP contribution < -0.4 is 15.8 Å². The Labute approximate surface area is 172 Å². The molecule has 11 heteroatoms. The normalized spacial score (nSPS) is 20.0. The van der Waals surface area contributed by atoms with Gasteiger partial charge in [-0.3, -0.25) is 4.90 Å². The van der Waals surface area contributed by atoms with Crippen molar-refractivity contribution in [2.24, 2.45) is 10.7 Å². The van der Waals surface area contributed by atoms with E-state index in [1.807, 2.05) is 6.92 Å². The molecule has 0 spiro atoms. The van der Waals surface area contributed by atoms with Gasteiger partial charge in [0.2, 0.25) is 0 Å². The van der Waals surface area contributed by atoms with E-state index in [1.54, 1.807) is 11.1 Å². The first-order valence-electron chi connectivity index (χ1n) is 9.03. The van der Waals surface area contributed by atoms with Crippen LogP contribution >= 0.6 is 0 Å². The molecule has 2 atom stereocenters. The lowest BCUT2D eigenvalue weighted by Crippen LogP contribution is -2.55. The Morgan fingerprint density at radius 3 is 2.70 bits per heavy atom. The molecule has 1 aliphatic heterocycles. The number of ether oxygens (including phenoxy) is 2. The highest BCUT2D eigenvalue weighted by atomic mass is 19.4. The van der Waals surface area contributed by atoms with E-state index >= 15 is 0 Å². The fourth-order valence-electron chi connectivity index (χ4n) is 2.79. The average molecular weight is 434 g/mol. The van der Waals surface area contributed by atoms with Crippen LogP contribution in [-0.2, 0) is 11.3 Å². The highest BCUT2D eigenvalue weighted by Crippen LogP contribution is 2.26. The number of hydrogen-bond acceptors (Lipinski definition) is 6. The number of halogens is 4. The summed E-state index contributed by atoms with van der Waals surface area (Å²) >= 11 is 0. The van der Waals surface area contributed by atoms with Crippen molar-refractivity contribution < 1.29 is 32.1 Å². The number of nitrogens with zero attached hydrogens (tertiary/aromatic N) is 2. The standard InChI is InChI=1S/C18H22F4N4O2.CH4O/c1-3-7-26-10-14(15(4-2)27-17(26)25-11-23)24-9-12-5-6-16(13(19)8-12)28-18(20,21)22;1-2/h5-8,14-15,24H,1,4,9-11,23H2,2H3;2H,1H3/b25-17+;. The first-order chi connectivity index (χ1) is 14.3. The van der Waals surface area contributed by atoms with Crippen LogP contribution in [0.2, 0.25) is 0 Å². The van der Waals surface area contributed by atoms with Crippen molar-refractivity contribution in [1.29, 1.82) is 0 Å². The van der Waals surface area contributed by atoms with Gasteiger partial charge in [-0.05, 0) is 24.1 Å². The third kappa shape index (κ3) is 7.68. The fraction of sp³-hybridized carbons (Fsp3) is 0.474. The van der Waals surface area contributed by atoms with Gasteiger partial charge in [0.25, 0.3) is 6.02 Å². The summed E-state index contributed by atoms with van der Waals surface area (Å²) in [7, 11) is 1.00. The Morgan fingerprint density at radius 1 is 1.47 bits per heavy atom. The molecule has 0 aliphatic carbocycles. The summed E-state index contributed by atoms with van der Waals surface area (Å²) in [5.74, 6) is -1.95. The quantitative estimate of drug-likeness (QED) is 0.451. The van der Waals surface area contributed by atoms with Crippen LogP contribution in [0.25, 0.3) is 0 Å². The van der Waals surface area contributed by atoms with Crippen molar-refractivity contribution in [2.45, 2.75) is 38.4 Å². The van der Waals surface area contributed by atoms with Gasteiger partial charge in [-0.1, -0.05) is 19.6 Å². The average Bonchev–Trinajstić information content (AvgIpc) is 2.70. The van der Waals surface area contributed by atoms with Crippen molar-refractivity contribution in [3.05, 3.63) is 48.1 Å². The van der Waals surface area contributed by atoms with Gasteiger partial charge in [-0.15, -0.1) is 18.9 Å². The molecule has 1 aromatic rings. The minimum absolute atomic E-state index is 0.0664. The van der Waals surface area contributed by atoms with Gasteiger partial charge in [-0.25, -0.2) is 9.38 Å². The molecule has 1 fully saturated rings. The third-order valence-corrected chi connectivity index (χ3v) is 4.01. The Hall–Kier alpha value is -2.59. The maximum absolute atomic E-state index is 13.9. The number of aliphatic hydroxyl groups excluding tert-OH is 1. The fourth-order valence-corrected chi connectivity index (χ4v) is 2.79. The zero-order valence-corrected chi connectivity index (χ0v) is 16.7. The van der Waals surface area contributed by atoms with Crippen LogP contribution in [0.15, 0.2) is 41.7 Å². The van der Waals surface area contributed by atoms with Gasteiger partial charge in [0, 0.05) is 20.2 Å². The second-order valence-corrected chi connectivity index (χ2v) is 5.97. The molecule has 1 saturated heterocycles. The van der Waals surface area contributed by atoms with Gasteiger partial charge >= 0.3 is 6.36 Å². The summed E-state index contributed by atoms with van der Waals surface area (Å²) in [5, 5.41) is 10.2. The van der Waals surface area contributed by atoms with Crippen molar-refractivity contribution in [2.75, 3.05) is 20.3 Å². The molecule has 0 amide bonds. The molecular formula is C19H26F4N4O3. The maximum atomic E-state index is 13.9. The molecule has 0 saturated carbocycles. The second kappa shape index (κ2) is 12.2. The molecular weight excluding hydrogens is 408 g/mol. The molecule has 0 aromatic heterocycles. The number of hydrogen-bond donors (Lipinski definition) is 3. The summed E-state index contributed by atoms with van der Waals surface area (Å²) in [5.41, 5.74) is 8.58. The van der Waals surface area contributed by atoms with Crippen LogP contribution in [-0.4, -0.2) is 54.9 Å². The molecule has 168 valence electrons. The van der Waals surface area contributed by atoms with E-state index in [9.17, 15) is 17.6 Å². The van der Waals surface area contributed by atoms with Crippen LogP contribution in [0.1, 0.15) is 18.9 Å². The molecule has 0 radical (unpaired) electrons. The van der Waals surface area contributed by atoms with Crippen molar-refractivity contribution in [1.82, 2.24) is 10.2 Å². The van der Waals surface area contributed by atoms with Crippen molar-refractivity contribution in [3.63, 3.8) is 0 Å². The summed E-state index contributed by atoms with van der Waals surface area (Å²) in [4.78, 5) is 5.80. The summed E-state index contributed by atoms with van der Waals surface area (Å²) < 4.78 is 60.0. The van der Waals surface area contributed by atoms with E-state index in [0.717, 1.165) is 19.2 Å². The summed E-state index contributed by atoms with van der Waals surface area (Å²) in [6, 6.07) is 3.53. The molecule has 1 aromatic carbocycles. The van der Waals surface area contributed by atoms with E-state index in [2.05, 4.69) is 27.4 Å². The van der Waals surface area contributed by atoms with E-state index in [0.29, 0.717) is 24.6 Å². The largest absolute Gasteiger partial charge is 0.573 e. The Kier molecular flexibility index (Phi) is 10.3. The number of amidine groups is 1. The number of aliphatic hydroxyl groups is 1. The predicted octanol–water partition coefficient (Wildman–Crippen LogP) is 2.47. The summed E-state index contributed by atoms with van der Waals surface area (Å²) in [6.45, 7) is 6.25. The second-order valence-electron chi connectivity index (χ2n) is 5.97. The Bertz CT molecular complexity index is 752. The van der Waals surface area contributed by atoms with E-state index in [-0.39, 0.29) is 25.4 Å². The first-order valence-corrected chi connectivity index (χ1v) is 9.03. The number of rotatable bonds is 7. The number of alkyl halides is 3. The van der Waals surface area contributed by atoms with Gasteiger partial charge < -0.3 is 25.6 Å². The lowest BCUT2D eigenvalue weighted by molar-refractivity contribution is -0.275. The molecule has 2 rings (SSSR count). The summed E-state index contributed by atoms with van der Waals surface area (Å²) in [6.07, 6.45) is -2.89. The van der Waals surface area contributed by atoms with E-state index in [1.165, 1.54) is 6.07 Å². The SMILES string of the molecule is C=C=CN1CC(NCc2ccc(OC(F)(F)F)c(F)c2)C(CC)O/C1=N/CN.CO. The predicted molar refractivity (Wildman–Crippen MR) is 104 cm³/mol. The zero-order valence-electron chi connectivity index (χ0n) is 16.7. The van der Waals surface area contributed by atoms with Crippen LogP contribution in [0.3, 0.4) is 0 Å². The number of nitrogens with one attached hydrogen (secondary N) is 1. The van der Waals surface area contributed by atoms with Crippen molar-refractivity contribution in [3.8, 4) is 5.75 Å². The van der Waals surface area contributed by atoms with E-state index < -0.39 is 17.9 Å². The van der Waals surface area contributed by atoms with Gasteiger partial charge in [0.15, 0.2) is 11.6 Å². The minimum Gasteiger partial charge on any atom is -0.460 e. The lowest BCUT2D eigenvalue weighted by Gasteiger charge is -2.38. The number of aliphatic imine (C=N–C) groups is 1. The van der Waals surface area contributed by atoms with Gasteiger partial charge in [0.05, 0.1) is 18.9 Å². The van der Waals surface area contributed by atoms with Gasteiger partial charge in [0.1, 0.15) is 6.10 Å². The molecule has 1 aliphatic rings. The minimum atomic E-state index is -4.95. The molecule has 30 heavy (non-hydrogen) atoms. The lowest BCUT2D eigenvalue weighted by atomic mass is 10.1.